The molecule has 0 saturated carbocycles. The summed E-state index contributed by atoms with van der Waals surface area (Å²) in [5, 5.41) is 10.2. The number of fused-ring (bicyclic) bond motifs is 1. The lowest BCUT2D eigenvalue weighted by atomic mass is 10.4. The Balaban J connectivity index is 2.08. The Hall–Kier alpha value is -2.41. The van der Waals surface area contributed by atoms with Crippen molar-refractivity contribution in [2.75, 3.05) is 0 Å². The second-order valence-electron chi connectivity index (χ2n) is 4.14. The predicted molar refractivity (Wildman–Crippen MR) is 73.0 cm³/mol. The van der Waals surface area contributed by atoms with Gasteiger partial charge in [-0.3, -0.25) is 4.40 Å². The van der Waals surface area contributed by atoms with Gasteiger partial charge in [0.05, 0.1) is 0 Å². The van der Waals surface area contributed by atoms with Gasteiger partial charge in [-0.05, 0) is 36.4 Å². The van der Waals surface area contributed by atoms with Gasteiger partial charge >= 0.3 is 5.97 Å². The Morgan fingerprint density at radius 3 is 2.75 bits per heavy atom. The number of hydrogen-bond acceptors (Lipinski definition) is 5. The summed E-state index contributed by atoms with van der Waals surface area (Å²) in [7, 11) is 0. The third-order valence-corrected chi connectivity index (χ3v) is 3.52. The van der Waals surface area contributed by atoms with Crippen LogP contribution in [0.15, 0.2) is 47.0 Å². The summed E-state index contributed by atoms with van der Waals surface area (Å²) in [5.41, 5.74) is 1.65. The first-order valence-corrected chi connectivity index (χ1v) is 6.63. The molecule has 0 fully saturated rings. The van der Waals surface area contributed by atoms with E-state index in [2.05, 4.69) is 15.0 Å². The summed E-state index contributed by atoms with van der Waals surface area (Å²) in [6.07, 6.45) is 5.04. The molecule has 3 heterocycles. The van der Waals surface area contributed by atoms with Crippen LogP contribution in [-0.2, 0) is 0 Å². The number of pyridine rings is 1. The van der Waals surface area contributed by atoms with E-state index in [1.807, 2.05) is 13.0 Å². The third kappa shape index (κ3) is 2.23. The van der Waals surface area contributed by atoms with Crippen molar-refractivity contribution in [2.45, 2.75) is 17.1 Å². The van der Waals surface area contributed by atoms with E-state index < -0.39 is 5.97 Å². The van der Waals surface area contributed by atoms with Crippen molar-refractivity contribution in [3.63, 3.8) is 0 Å². The van der Waals surface area contributed by atoms with Crippen molar-refractivity contribution < 1.29 is 9.90 Å². The first kappa shape index (κ1) is 12.6. The Kier molecular flexibility index (Phi) is 3.11. The first-order chi connectivity index (χ1) is 9.65. The molecule has 0 unspecified atom stereocenters. The van der Waals surface area contributed by atoms with E-state index in [9.17, 15) is 9.90 Å². The van der Waals surface area contributed by atoms with Crippen LogP contribution in [0.25, 0.3) is 5.65 Å². The second kappa shape index (κ2) is 4.93. The molecule has 3 aromatic heterocycles. The van der Waals surface area contributed by atoms with Gasteiger partial charge in [0.15, 0.2) is 10.9 Å². The number of aromatic nitrogens is 4. The molecule has 6 nitrogen and oxygen atoms in total. The van der Waals surface area contributed by atoms with E-state index in [0.29, 0.717) is 15.8 Å². The summed E-state index contributed by atoms with van der Waals surface area (Å²) in [6.45, 7) is 1.89. The smallest absolute Gasteiger partial charge is 0.355 e. The number of nitrogens with zero attached hydrogens (tertiary/aromatic N) is 4. The number of imidazole rings is 1. The van der Waals surface area contributed by atoms with Crippen molar-refractivity contribution in [1.82, 2.24) is 19.4 Å². The zero-order valence-corrected chi connectivity index (χ0v) is 11.3. The van der Waals surface area contributed by atoms with Crippen LogP contribution >= 0.6 is 11.8 Å². The molecule has 3 rings (SSSR count). The third-order valence-electron chi connectivity index (χ3n) is 2.65. The van der Waals surface area contributed by atoms with E-state index in [0.717, 1.165) is 17.3 Å². The normalized spacial score (nSPS) is 10.8. The van der Waals surface area contributed by atoms with Crippen molar-refractivity contribution in [1.29, 1.82) is 0 Å². The van der Waals surface area contributed by atoms with Crippen LogP contribution in [-0.4, -0.2) is 30.4 Å². The minimum absolute atomic E-state index is 0.120. The Bertz CT molecular complexity index is 783. The predicted octanol–water partition coefficient (Wildman–Crippen LogP) is 2.28. The maximum atomic E-state index is 11.4. The lowest BCUT2D eigenvalue weighted by molar-refractivity contribution is 0.0685. The van der Waals surface area contributed by atoms with Gasteiger partial charge in [-0.2, -0.15) is 0 Å². The highest BCUT2D eigenvalue weighted by molar-refractivity contribution is 7.99. The van der Waals surface area contributed by atoms with Crippen molar-refractivity contribution in [3.8, 4) is 0 Å². The first-order valence-electron chi connectivity index (χ1n) is 5.82. The van der Waals surface area contributed by atoms with Crippen LogP contribution in [0.1, 0.15) is 16.1 Å². The highest BCUT2D eigenvalue weighted by atomic mass is 32.2. The molecule has 0 bridgehead atoms. The van der Waals surface area contributed by atoms with Crippen LogP contribution in [0.2, 0.25) is 0 Å². The number of carbonyl (C=O) groups is 1. The minimum atomic E-state index is -1.03. The van der Waals surface area contributed by atoms with Crippen molar-refractivity contribution in [2.24, 2.45) is 0 Å². The molecule has 0 aromatic carbocycles. The summed E-state index contributed by atoms with van der Waals surface area (Å²) < 4.78 is 1.54. The monoisotopic (exact) mass is 286 g/mol. The molecule has 1 N–H and O–H groups in total. The summed E-state index contributed by atoms with van der Waals surface area (Å²) in [5.74, 6) is -1.03. The number of carboxylic acid groups (broad SMARTS) is 1. The summed E-state index contributed by atoms with van der Waals surface area (Å²) >= 11 is 1.14. The molecular formula is C13H10N4O2S. The molecule has 0 aliphatic rings. The molecule has 0 aliphatic carbocycles. The molecule has 0 radical (unpaired) electrons. The molecule has 0 atom stereocenters. The highest BCUT2D eigenvalue weighted by Gasteiger charge is 2.20. The minimum Gasteiger partial charge on any atom is -0.476 e. The fraction of sp³-hybridized carbons (Fsp3) is 0.0769. The van der Waals surface area contributed by atoms with Crippen LogP contribution in [0, 0.1) is 6.92 Å². The van der Waals surface area contributed by atoms with Gasteiger partial charge < -0.3 is 5.11 Å². The maximum absolute atomic E-state index is 11.4. The van der Waals surface area contributed by atoms with Crippen LogP contribution in [0.5, 0.6) is 0 Å². The van der Waals surface area contributed by atoms with Crippen molar-refractivity contribution in [3.05, 3.63) is 48.0 Å². The maximum Gasteiger partial charge on any atom is 0.355 e. The molecule has 100 valence electrons. The average molecular weight is 286 g/mol. The standard InChI is InChI=1S/C13H10N4O2S/c1-8-6-14-13(15-7-8)20-11-10(12(18)19)17-5-3-2-4-9(17)16-11/h2-7H,1H3,(H,18,19). The number of hydrogen-bond donors (Lipinski definition) is 1. The van der Waals surface area contributed by atoms with Gasteiger partial charge in [-0.1, -0.05) is 6.07 Å². The lowest BCUT2D eigenvalue weighted by Crippen LogP contribution is -2.03. The van der Waals surface area contributed by atoms with Gasteiger partial charge in [0.25, 0.3) is 0 Å². The fourth-order valence-corrected chi connectivity index (χ4v) is 2.57. The van der Waals surface area contributed by atoms with Crippen LogP contribution < -0.4 is 0 Å². The van der Waals surface area contributed by atoms with E-state index in [1.165, 1.54) is 0 Å². The quantitative estimate of drug-likeness (QED) is 0.744. The van der Waals surface area contributed by atoms with Gasteiger partial charge in [0, 0.05) is 18.6 Å². The van der Waals surface area contributed by atoms with Gasteiger partial charge in [-0.25, -0.2) is 19.7 Å². The van der Waals surface area contributed by atoms with Crippen molar-refractivity contribution >= 4 is 23.4 Å². The zero-order valence-electron chi connectivity index (χ0n) is 10.5. The largest absolute Gasteiger partial charge is 0.476 e. The van der Waals surface area contributed by atoms with E-state index in [1.54, 1.807) is 35.1 Å². The molecule has 3 aromatic rings. The van der Waals surface area contributed by atoms with Gasteiger partial charge in [0.1, 0.15) is 10.7 Å². The van der Waals surface area contributed by atoms with Gasteiger partial charge in [-0.15, -0.1) is 0 Å². The van der Waals surface area contributed by atoms with E-state index in [-0.39, 0.29) is 5.69 Å². The molecule has 0 spiro atoms. The Morgan fingerprint density at radius 2 is 2.05 bits per heavy atom. The Labute approximate surface area is 118 Å². The number of aryl methyl sites for hydroxylation is 1. The van der Waals surface area contributed by atoms with E-state index in [4.69, 9.17) is 0 Å². The highest BCUT2D eigenvalue weighted by Crippen LogP contribution is 2.28. The molecule has 0 amide bonds. The SMILES string of the molecule is Cc1cnc(Sc2nc3ccccn3c2C(=O)O)nc1. The number of aromatic carboxylic acids is 1. The fourth-order valence-electron chi connectivity index (χ4n) is 1.76. The number of rotatable bonds is 3. The molecule has 0 aliphatic heterocycles. The topological polar surface area (TPSA) is 80.4 Å². The Morgan fingerprint density at radius 1 is 1.30 bits per heavy atom. The molecule has 0 saturated heterocycles. The van der Waals surface area contributed by atoms with E-state index >= 15 is 0 Å². The average Bonchev–Trinajstić information content (AvgIpc) is 2.79. The second-order valence-corrected chi connectivity index (χ2v) is 5.10. The molecular weight excluding hydrogens is 276 g/mol. The van der Waals surface area contributed by atoms with Crippen LogP contribution in [0.4, 0.5) is 0 Å². The zero-order chi connectivity index (χ0) is 14.1. The number of carboxylic acids is 1. The lowest BCUT2D eigenvalue weighted by Gasteiger charge is -1.99. The van der Waals surface area contributed by atoms with Gasteiger partial charge in [0.2, 0.25) is 0 Å². The summed E-state index contributed by atoms with van der Waals surface area (Å²) in [6, 6.07) is 5.33. The molecule has 7 heteroatoms. The molecule has 20 heavy (non-hydrogen) atoms. The summed E-state index contributed by atoms with van der Waals surface area (Å²) in [4.78, 5) is 24.1. The van der Waals surface area contributed by atoms with Crippen LogP contribution in [0.3, 0.4) is 0 Å².